The standard InChI is InChI=1S/C18H21N3O3S/c1-15-8-12-20(13-9-15)14-18(22)19-16-4-6-17(7-5-16)25(23,24)21-10-2-3-11-21/h4-9,12-13H,2-3,10-11,14H2,1H3/p+1. The molecule has 0 unspecified atom stereocenters. The molecule has 25 heavy (non-hydrogen) atoms. The Morgan fingerprint density at radius 3 is 2.28 bits per heavy atom. The SMILES string of the molecule is Cc1cc[n+](CC(=O)Nc2ccc(S(=O)(=O)N3CCCC3)cc2)cc1. The molecule has 0 atom stereocenters. The lowest BCUT2D eigenvalue weighted by Gasteiger charge is -2.15. The van der Waals surface area contributed by atoms with Crippen molar-refractivity contribution in [1.29, 1.82) is 0 Å². The van der Waals surface area contributed by atoms with Gasteiger partial charge < -0.3 is 5.32 Å². The van der Waals surface area contributed by atoms with Crippen molar-refractivity contribution in [3.05, 3.63) is 54.4 Å². The highest BCUT2D eigenvalue weighted by molar-refractivity contribution is 7.89. The van der Waals surface area contributed by atoms with E-state index < -0.39 is 10.0 Å². The molecular weight excluding hydrogens is 338 g/mol. The molecule has 1 aliphatic rings. The van der Waals surface area contributed by atoms with Crippen molar-refractivity contribution in [1.82, 2.24) is 4.31 Å². The van der Waals surface area contributed by atoms with E-state index in [0.29, 0.717) is 18.8 Å². The Bertz CT molecular complexity index is 840. The van der Waals surface area contributed by atoms with Crippen molar-refractivity contribution in [2.75, 3.05) is 18.4 Å². The molecule has 1 aromatic heterocycles. The minimum Gasteiger partial charge on any atom is -0.321 e. The molecule has 0 spiro atoms. The van der Waals surface area contributed by atoms with Gasteiger partial charge in [-0.1, -0.05) is 0 Å². The van der Waals surface area contributed by atoms with E-state index in [-0.39, 0.29) is 17.3 Å². The van der Waals surface area contributed by atoms with Crippen LogP contribution in [0.25, 0.3) is 0 Å². The topological polar surface area (TPSA) is 70.4 Å². The fourth-order valence-corrected chi connectivity index (χ4v) is 4.31. The molecule has 1 aromatic carbocycles. The summed E-state index contributed by atoms with van der Waals surface area (Å²) in [5.41, 5.74) is 1.71. The first-order valence-electron chi connectivity index (χ1n) is 8.31. The van der Waals surface area contributed by atoms with E-state index in [1.54, 1.807) is 28.8 Å². The predicted molar refractivity (Wildman–Crippen MR) is 94.4 cm³/mol. The van der Waals surface area contributed by atoms with Crippen molar-refractivity contribution in [3.8, 4) is 0 Å². The zero-order chi connectivity index (χ0) is 17.9. The van der Waals surface area contributed by atoms with E-state index in [2.05, 4.69) is 5.32 Å². The normalized spacial score (nSPS) is 15.2. The summed E-state index contributed by atoms with van der Waals surface area (Å²) in [4.78, 5) is 12.4. The van der Waals surface area contributed by atoms with Crippen LogP contribution < -0.4 is 9.88 Å². The molecule has 2 heterocycles. The van der Waals surface area contributed by atoms with Crippen LogP contribution in [-0.2, 0) is 21.4 Å². The number of hydrogen-bond donors (Lipinski definition) is 1. The zero-order valence-electron chi connectivity index (χ0n) is 14.2. The Balaban J connectivity index is 1.64. The Kier molecular flexibility index (Phi) is 5.15. The number of carbonyl (C=O) groups excluding carboxylic acids is 1. The van der Waals surface area contributed by atoms with Crippen LogP contribution in [0.1, 0.15) is 18.4 Å². The second-order valence-electron chi connectivity index (χ2n) is 6.23. The maximum atomic E-state index is 12.5. The van der Waals surface area contributed by atoms with Crippen LogP contribution in [0.4, 0.5) is 5.69 Å². The van der Waals surface area contributed by atoms with Gasteiger partial charge in [0.2, 0.25) is 16.6 Å². The number of aryl methyl sites for hydroxylation is 1. The van der Waals surface area contributed by atoms with Gasteiger partial charge >= 0.3 is 0 Å². The lowest BCUT2D eigenvalue weighted by atomic mass is 10.3. The largest absolute Gasteiger partial charge is 0.321 e. The Labute approximate surface area is 148 Å². The summed E-state index contributed by atoms with van der Waals surface area (Å²) in [5.74, 6) is -0.163. The Morgan fingerprint density at radius 1 is 1.08 bits per heavy atom. The fraction of sp³-hybridized carbons (Fsp3) is 0.333. The summed E-state index contributed by atoms with van der Waals surface area (Å²) < 4.78 is 28.2. The van der Waals surface area contributed by atoms with Crippen LogP contribution in [0, 0.1) is 6.92 Å². The van der Waals surface area contributed by atoms with Crippen molar-refractivity contribution < 1.29 is 17.8 Å². The molecule has 7 heteroatoms. The Morgan fingerprint density at radius 2 is 1.68 bits per heavy atom. The van der Waals surface area contributed by atoms with Gasteiger partial charge in [-0.15, -0.1) is 0 Å². The highest BCUT2D eigenvalue weighted by Crippen LogP contribution is 2.22. The number of amides is 1. The van der Waals surface area contributed by atoms with Crippen LogP contribution in [-0.4, -0.2) is 31.7 Å². The van der Waals surface area contributed by atoms with E-state index in [0.717, 1.165) is 18.4 Å². The smallest absolute Gasteiger partial charge is 0.290 e. The van der Waals surface area contributed by atoms with Crippen LogP contribution in [0.3, 0.4) is 0 Å². The first kappa shape index (κ1) is 17.6. The predicted octanol–water partition coefficient (Wildman–Crippen LogP) is 1.71. The number of benzene rings is 1. The van der Waals surface area contributed by atoms with Crippen molar-refractivity contribution >= 4 is 21.6 Å². The van der Waals surface area contributed by atoms with Crippen molar-refractivity contribution in [2.24, 2.45) is 0 Å². The van der Waals surface area contributed by atoms with Gasteiger partial charge in [0, 0.05) is 30.9 Å². The summed E-state index contributed by atoms with van der Waals surface area (Å²) in [6.07, 6.45) is 5.51. The minimum absolute atomic E-state index is 0.163. The van der Waals surface area contributed by atoms with Crippen LogP contribution in [0.5, 0.6) is 0 Å². The van der Waals surface area contributed by atoms with E-state index >= 15 is 0 Å². The average Bonchev–Trinajstić information content (AvgIpc) is 3.13. The lowest BCUT2D eigenvalue weighted by molar-refractivity contribution is -0.684. The second kappa shape index (κ2) is 7.33. The highest BCUT2D eigenvalue weighted by Gasteiger charge is 2.26. The van der Waals surface area contributed by atoms with Crippen molar-refractivity contribution in [2.45, 2.75) is 31.2 Å². The van der Waals surface area contributed by atoms with Gasteiger partial charge in [0.1, 0.15) is 0 Å². The molecule has 6 nitrogen and oxygen atoms in total. The van der Waals surface area contributed by atoms with E-state index in [9.17, 15) is 13.2 Å². The van der Waals surface area contributed by atoms with E-state index in [4.69, 9.17) is 0 Å². The molecule has 1 aliphatic heterocycles. The number of pyridine rings is 1. The summed E-state index contributed by atoms with van der Waals surface area (Å²) in [7, 11) is -3.42. The van der Waals surface area contributed by atoms with Crippen LogP contribution >= 0.6 is 0 Å². The zero-order valence-corrected chi connectivity index (χ0v) is 15.0. The number of nitrogens with one attached hydrogen (secondary N) is 1. The molecule has 3 rings (SSSR count). The third-order valence-corrected chi connectivity index (χ3v) is 6.14. The number of hydrogen-bond acceptors (Lipinski definition) is 3. The molecule has 1 saturated heterocycles. The monoisotopic (exact) mass is 360 g/mol. The van der Waals surface area contributed by atoms with Gasteiger partial charge in [0.25, 0.3) is 5.91 Å². The maximum absolute atomic E-state index is 12.5. The first-order chi connectivity index (χ1) is 11.9. The highest BCUT2D eigenvalue weighted by atomic mass is 32.2. The summed E-state index contributed by atoms with van der Waals surface area (Å²) >= 11 is 0. The molecule has 0 aliphatic carbocycles. The number of rotatable bonds is 5. The van der Waals surface area contributed by atoms with Gasteiger partial charge in [-0.2, -0.15) is 8.87 Å². The quantitative estimate of drug-likeness (QED) is 0.825. The lowest BCUT2D eigenvalue weighted by Crippen LogP contribution is -2.39. The number of anilines is 1. The number of carbonyl (C=O) groups is 1. The Hall–Kier alpha value is -2.25. The van der Waals surface area contributed by atoms with Gasteiger partial charge in [0.05, 0.1) is 4.90 Å². The molecule has 1 amide bonds. The van der Waals surface area contributed by atoms with Gasteiger partial charge in [-0.05, 0) is 49.6 Å². The molecule has 0 radical (unpaired) electrons. The summed E-state index contributed by atoms with van der Waals surface area (Å²) in [5, 5.41) is 2.79. The molecule has 0 saturated carbocycles. The molecule has 0 bridgehead atoms. The van der Waals surface area contributed by atoms with Crippen molar-refractivity contribution in [3.63, 3.8) is 0 Å². The fourth-order valence-electron chi connectivity index (χ4n) is 2.79. The third kappa shape index (κ3) is 4.24. The van der Waals surface area contributed by atoms with Gasteiger partial charge in [0.15, 0.2) is 12.4 Å². The average molecular weight is 360 g/mol. The first-order valence-corrected chi connectivity index (χ1v) is 9.75. The van der Waals surface area contributed by atoms with Crippen LogP contribution in [0.15, 0.2) is 53.7 Å². The molecule has 1 fully saturated rings. The second-order valence-corrected chi connectivity index (χ2v) is 8.17. The van der Waals surface area contributed by atoms with E-state index in [1.807, 2.05) is 31.5 Å². The molecule has 1 N–H and O–H groups in total. The molecule has 132 valence electrons. The summed E-state index contributed by atoms with van der Waals surface area (Å²) in [6.45, 7) is 3.35. The third-order valence-electron chi connectivity index (χ3n) is 4.22. The maximum Gasteiger partial charge on any atom is 0.290 e. The minimum atomic E-state index is -3.42. The van der Waals surface area contributed by atoms with Gasteiger partial charge in [-0.25, -0.2) is 8.42 Å². The molecule has 2 aromatic rings. The number of aromatic nitrogens is 1. The number of sulfonamides is 1. The van der Waals surface area contributed by atoms with Gasteiger partial charge in [-0.3, -0.25) is 4.79 Å². The molecular formula is C18H22N3O3S+. The van der Waals surface area contributed by atoms with Crippen LogP contribution in [0.2, 0.25) is 0 Å². The van der Waals surface area contributed by atoms with E-state index in [1.165, 1.54) is 4.31 Å². The number of nitrogens with zero attached hydrogens (tertiary/aromatic N) is 2. The summed E-state index contributed by atoms with van der Waals surface area (Å²) in [6, 6.07) is 10.2.